The summed E-state index contributed by atoms with van der Waals surface area (Å²) < 4.78 is 24.9. The summed E-state index contributed by atoms with van der Waals surface area (Å²) in [6, 6.07) is 11.6. The Bertz CT molecular complexity index is 1200. The number of amides is 2. The molecule has 1 aliphatic heterocycles. The van der Waals surface area contributed by atoms with Gasteiger partial charge in [0.1, 0.15) is 11.7 Å². The SMILES string of the molecule is CN(Cc1ccc(C2=NCCN2C(=O)O)cc1)C(=O)CCNCS(=O)(=O)c1cccc(Cl)c1Cl. The van der Waals surface area contributed by atoms with Crippen molar-refractivity contribution in [3.8, 4) is 0 Å². The van der Waals surface area contributed by atoms with E-state index in [4.69, 9.17) is 23.2 Å². The topological polar surface area (TPSA) is 119 Å². The Morgan fingerprint density at radius 3 is 2.56 bits per heavy atom. The molecule has 0 saturated carbocycles. The third-order valence-corrected chi connectivity index (χ3v) is 7.71. The van der Waals surface area contributed by atoms with Gasteiger partial charge < -0.3 is 15.3 Å². The Morgan fingerprint density at radius 2 is 1.88 bits per heavy atom. The molecule has 0 aliphatic carbocycles. The van der Waals surface area contributed by atoms with Gasteiger partial charge in [0, 0.05) is 32.1 Å². The number of carboxylic acid groups (broad SMARTS) is 1. The molecule has 182 valence electrons. The third kappa shape index (κ3) is 6.26. The van der Waals surface area contributed by atoms with Gasteiger partial charge in [-0.3, -0.25) is 14.7 Å². The molecule has 0 fully saturated rings. The second-order valence-corrected chi connectivity index (χ2v) is 10.4. The number of benzene rings is 2. The first kappa shape index (κ1) is 26.0. The van der Waals surface area contributed by atoms with Crippen LogP contribution in [-0.2, 0) is 21.2 Å². The van der Waals surface area contributed by atoms with E-state index in [2.05, 4.69) is 10.3 Å². The Labute approximate surface area is 207 Å². The first-order chi connectivity index (χ1) is 16.1. The van der Waals surface area contributed by atoms with Crippen LogP contribution < -0.4 is 5.32 Å². The molecule has 1 aliphatic rings. The minimum atomic E-state index is -3.70. The number of nitrogens with one attached hydrogen (secondary N) is 1. The Kier molecular flexibility index (Phi) is 8.53. The fourth-order valence-electron chi connectivity index (χ4n) is 3.40. The highest BCUT2D eigenvalue weighted by Gasteiger charge is 2.24. The van der Waals surface area contributed by atoms with Crippen LogP contribution >= 0.6 is 23.2 Å². The van der Waals surface area contributed by atoms with E-state index in [1.54, 1.807) is 19.2 Å². The van der Waals surface area contributed by atoms with Gasteiger partial charge in [-0.25, -0.2) is 13.2 Å². The number of aliphatic imine (C=N–C) groups is 1. The van der Waals surface area contributed by atoms with Crippen molar-refractivity contribution >= 4 is 50.9 Å². The normalized spacial score (nSPS) is 13.6. The first-order valence-corrected chi connectivity index (χ1v) is 12.8. The third-order valence-electron chi connectivity index (χ3n) is 5.19. The Balaban J connectivity index is 1.48. The number of carbonyl (C=O) groups excluding carboxylic acids is 1. The van der Waals surface area contributed by atoms with Crippen LogP contribution in [-0.4, -0.2) is 73.7 Å². The number of halogens is 2. The minimum Gasteiger partial charge on any atom is -0.465 e. The van der Waals surface area contributed by atoms with E-state index in [9.17, 15) is 23.1 Å². The molecule has 0 radical (unpaired) electrons. The van der Waals surface area contributed by atoms with Gasteiger partial charge in [-0.2, -0.15) is 0 Å². The summed E-state index contributed by atoms with van der Waals surface area (Å²) in [5.41, 5.74) is 1.56. The van der Waals surface area contributed by atoms with Gasteiger partial charge in [-0.15, -0.1) is 0 Å². The number of hydrogen-bond acceptors (Lipinski definition) is 6. The van der Waals surface area contributed by atoms with Gasteiger partial charge in [0.25, 0.3) is 0 Å². The lowest BCUT2D eigenvalue weighted by molar-refractivity contribution is -0.130. The first-order valence-electron chi connectivity index (χ1n) is 10.4. The second-order valence-electron chi connectivity index (χ2n) is 7.65. The van der Waals surface area contributed by atoms with Gasteiger partial charge in [-0.1, -0.05) is 53.5 Å². The van der Waals surface area contributed by atoms with Crippen molar-refractivity contribution in [2.75, 3.05) is 32.6 Å². The highest BCUT2D eigenvalue weighted by Crippen LogP contribution is 2.29. The molecule has 12 heteroatoms. The summed E-state index contributed by atoms with van der Waals surface area (Å²) >= 11 is 11.9. The molecule has 3 rings (SSSR count). The smallest absolute Gasteiger partial charge is 0.413 e. The average molecular weight is 527 g/mol. The molecule has 2 aromatic carbocycles. The van der Waals surface area contributed by atoms with Crippen LogP contribution in [0.2, 0.25) is 10.0 Å². The summed E-state index contributed by atoms with van der Waals surface area (Å²) in [6.07, 6.45) is -0.930. The number of nitrogens with zero attached hydrogens (tertiary/aromatic N) is 3. The largest absolute Gasteiger partial charge is 0.465 e. The van der Waals surface area contributed by atoms with E-state index < -0.39 is 15.9 Å². The van der Waals surface area contributed by atoms with Crippen molar-refractivity contribution in [3.05, 3.63) is 63.6 Å². The van der Waals surface area contributed by atoms with Gasteiger partial charge >= 0.3 is 6.09 Å². The van der Waals surface area contributed by atoms with E-state index in [1.807, 2.05) is 12.1 Å². The molecule has 0 atom stereocenters. The summed E-state index contributed by atoms with van der Waals surface area (Å²) in [6.45, 7) is 1.29. The van der Waals surface area contributed by atoms with Gasteiger partial charge in [-0.05, 0) is 17.7 Å². The lowest BCUT2D eigenvalue weighted by Crippen LogP contribution is -2.33. The predicted octanol–water partition coefficient (Wildman–Crippen LogP) is 3.10. The number of sulfone groups is 1. The minimum absolute atomic E-state index is 0.0246. The standard InChI is InChI=1S/C22H24Cl2N4O5S/c1-27(13-15-5-7-16(8-6-15)21-26-11-12-28(21)22(30)31)19(29)9-10-25-14-34(32,33)18-4-2-3-17(23)20(18)24/h2-8,25H,9-14H2,1H3,(H,30,31). The number of carbonyl (C=O) groups is 2. The molecule has 0 bridgehead atoms. The van der Waals surface area contributed by atoms with Gasteiger partial charge in [0.2, 0.25) is 5.91 Å². The van der Waals surface area contributed by atoms with Crippen LogP contribution in [0.4, 0.5) is 4.79 Å². The summed E-state index contributed by atoms with van der Waals surface area (Å²) in [5, 5.41) is 12.1. The predicted molar refractivity (Wildman–Crippen MR) is 130 cm³/mol. The zero-order valence-corrected chi connectivity index (χ0v) is 20.7. The van der Waals surface area contributed by atoms with Crippen molar-refractivity contribution in [1.29, 1.82) is 0 Å². The molecule has 0 unspecified atom stereocenters. The molecule has 2 amide bonds. The van der Waals surface area contributed by atoms with E-state index in [1.165, 1.54) is 28.0 Å². The maximum Gasteiger partial charge on any atom is 0.413 e. The molecule has 9 nitrogen and oxygen atoms in total. The zero-order chi connectivity index (χ0) is 24.9. The molecule has 2 N–H and O–H groups in total. The van der Waals surface area contributed by atoms with Crippen LogP contribution in [0.25, 0.3) is 0 Å². The monoisotopic (exact) mass is 526 g/mol. The summed E-state index contributed by atoms with van der Waals surface area (Å²) in [7, 11) is -2.04. The van der Waals surface area contributed by atoms with E-state index in [-0.39, 0.29) is 39.7 Å². The summed E-state index contributed by atoms with van der Waals surface area (Å²) in [4.78, 5) is 30.7. The quantitative estimate of drug-likeness (QED) is 0.484. The van der Waals surface area contributed by atoms with Crippen molar-refractivity contribution in [2.45, 2.75) is 17.9 Å². The lowest BCUT2D eigenvalue weighted by Gasteiger charge is -2.18. The fraction of sp³-hybridized carbons (Fsp3) is 0.318. The number of hydrogen-bond donors (Lipinski definition) is 2. The molecule has 0 saturated heterocycles. The molecule has 34 heavy (non-hydrogen) atoms. The van der Waals surface area contributed by atoms with E-state index in [0.29, 0.717) is 31.0 Å². The second kappa shape index (κ2) is 11.2. The van der Waals surface area contributed by atoms with Crippen molar-refractivity contribution in [1.82, 2.24) is 15.1 Å². The lowest BCUT2D eigenvalue weighted by atomic mass is 10.1. The molecule has 1 heterocycles. The number of rotatable bonds is 9. The molecule has 2 aromatic rings. The zero-order valence-electron chi connectivity index (χ0n) is 18.4. The Morgan fingerprint density at radius 1 is 1.18 bits per heavy atom. The average Bonchev–Trinajstić information content (AvgIpc) is 3.29. The van der Waals surface area contributed by atoms with Crippen molar-refractivity contribution in [2.24, 2.45) is 4.99 Å². The van der Waals surface area contributed by atoms with E-state index >= 15 is 0 Å². The van der Waals surface area contributed by atoms with Gasteiger partial charge in [0.15, 0.2) is 9.84 Å². The maximum atomic E-state index is 12.5. The Hall–Kier alpha value is -2.66. The van der Waals surface area contributed by atoms with Crippen LogP contribution in [0.5, 0.6) is 0 Å². The van der Waals surface area contributed by atoms with Crippen LogP contribution in [0, 0.1) is 0 Å². The van der Waals surface area contributed by atoms with Crippen LogP contribution in [0.15, 0.2) is 52.4 Å². The van der Waals surface area contributed by atoms with Crippen molar-refractivity contribution in [3.63, 3.8) is 0 Å². The molecule has 0 spiro atoms. The summed E-state index contributed by atoms with van der Waals surface area (Å²) in [5.74, 6) is -0.112. The highest BCUT2D eigenvalue weighted by molar-refractivity contribution is 7.91. The van der Waals surface area contributed by atoms with Crippen LogP contribution in [0.3, 0.4) is 0 Å². The van der Waals surface area contributed by atoms with Gasteiger partial charge in [0.05, 0.1) is 28.0 Å². The maximum absolute atomic E-state index is 12.5. The van der Waals surface area contributed by atoms with Crippen molar-refractivity contribution < 1.29 is 23.1 Å². The highest BCUT2D eigenvalue weighted by atomic mass is 35.5. The molecule has 0 aromatic heterocycles. The molecular weight excluding hydrogens is 503 g/mol. The fourth-order valence-corrected chi connectivity index (χ4v) is 5.34. The van der Waals surface area contributed by atoms with Crippen LogP contribution in [0.1, 0.15) is 17.5 Å². The number of amidine groups is 1. The molecular formula is C22H24Cl2N4O5S. The van der Waals surface area contributed by atoms with E-state index in [0.717, 1.165) is 5.56 Å².